The van der Waals surface area contributed by atoms with Gasteiger partial charge in [-0.25, -0.2) is 8.42 Å². The number of rotatable bonds is 14. The standard InChI is InChI=1S/C32H38BrN3O6S/c1-4-23(2)34-32(38)28(19-24-9-6-5-7-10-24)35(21-25-12-14-26(33)15-13-25)31(37)11-8-18-36(43(3,39)40)27-16-17-29-30(20-27)42-22-41-29/h5-7,9-10,12-17,20,23,28H,4,8,11,18-19,21-22H2,1-3H3,(H,34,38)/t23-,28-/m1/s1. The van der Waals surface area contributed by atoms with Crippen molar-refractivity contribution >= 4 is 43.5 Å². The van der Waals surface area contributed by atoms with Gasteiger partial charge in [0.2, 0.25) is 28.6 Å². The monoisotopic (exact) mass is 671 g/mol. The fraction of sp³-hybridized carbons (Fsp3) is 0.375. The van der Waals surface area contributed by atoms with Crippen molar-refractivity contribution in [1.82, 2.24) is 10.2 Å². The summed E-state index contributed by atoms with van der Waals surface area (Å²) in [6.07, 6.45) is 2.54. The molecule has 43 heavy (non-hydrogen) atoms. The van der Waals surface area contributed by atoms with Gasteiger partial charge in [-0.2, -0.15) is 0 Å². The Hall–Kier alpha value is -3.57. The van der Waals surface area contributed by atoms with E-state index in [9.17, 15) is 18.0 Å². The summed E-state index contributed by atoms with van der Waals surface area (Å²) in [5.74, 6) is 0.569. The van der Waals surface area contributed by atoms with Gasteiger partial charge in [0.05, 0.1) is 11.9 Å². The summed E-state index contributed by atoms with van der Waals surface area (Å²) in [5.41, 5.74) is 2.25. The second kappa shape index (κ2) is 14.7. The molecule has 2 atom stereocenters. The first-order valence-electron chi connectivity index (χ1n) is 14.3. The summed E-state index contributed by atoms with van der Waals surface area (Å²) >= 11 is 3.46. The summed E-state index contributed by atoms with van der Waals surface area (Å²) in [7, 11) is -3.65. The number of halogens is 1. The molecule has 0 spiro atoms. The van der Waals surface area contributed by atoms with Gasteiger partial charge in [-0.3, -0.25) is 13.9 Å². The lowest BCUT2D eigenvalue weighted by Gasteiger charge is -2.32. The van der Waals surface area contributed by atoms with Crippen LogP contribution in [0, 0.1) is 0 Å². The van der Waals surface area contributed by atoms with E-state index in [2.05, 4.69) is 21.2 Å². The molecule has 1 aliphatic heterocycles. The number of amides is 2. The molecule has 3 aromatic carbocycles. The molecule has 0 saturated carbocycles. The van der Waals surface area contributed by atoms with Crippen LogP contribution in [0.25, 0.3) is 0 Å². The van der Waals surface area contributed by atoms with E-state index >= 15 is 0 Å². The number of nitrogens with one attached hydrogen (secondary N) is 1. The van der Waals surface area contributed by atoms with E-state index in [0.717, 1.165) is 28.3 Å². The van der Waals surface area contributed by atoms with Gasteiger partial charge >= 0.3 is 0 Å². The summed E-state index contributed by atoms with van der Waals surface area (Å²) in [4.78, 5) is 29.3. The Morgan fingerprint density at radius 3 is 2.35 bits per heavy atom. The molecule has 230 valence electrons. The van der Waals surface area contributed by atoms with E-state index in [-0.39, 0.29) is 50.6 Å². The Morgan fingerprint density at radius 1 is 0.977 bits per heavy atom. The molecule has 1 N–H and O–H groups in total. The molecular weight excluding hydrogens is 634 g/mol. The van der Waals surface area contributed by atoms with Gasteiger partial charge in [0.15, 0.2) is 11.5 Å². The normalized spacial score (nSPS) is 13.7. The van der Waals surface area contributed by atoms with Gasteiger partial charge in [0, 0.05) is 42.5 Å². The van der Waals surface area contributed by atoms with Gasteiger partial charge in [-0.1, -0.05) is 65.3 Å². The lowest BCUT2D eigenvalue weighted by Crippen LogP contribution is -2.52. The third-order valence-electron chi connectivity index (χ3n) is 7.33. The zero-order valence-electron chi connectivity index (χ0n) is 24.7. The minimum Gasteiger partial charge on any atom is -0.454 e. The van der Waals surface area contributed by atoms with E-state index in [0.29, 0.717) is 23.6 Å². The first-order chi connectivity index (χ1) is 20.5. The first kappa shape index (κ1) is 32.3. The maximum absolute atomic E-state index is 14.0. The minimum absolute atomic E-state index is 0.0506. The van der Waals surface area contributed by atoms with E-state index in [1.807, 2.05) is 68.4 Å². The van der Waals surface area contributed by atoms with E-state index < -0.39 is 16.1 Å². The number of hydrogen-bond acceptors (Lipinski definition) is 6. The average molecular weight is 673 g/mol. The average Bonchev–Trinajstić information content (AvgIpc) is 3.46. The van der Waals surface area contributed by atoms with E-state index in [1.54, 1.807) is 23.1 Å². The van der Waals surface area contributed by atoms with Crippen LogP contribution in [0.3, 0.4) is 0 Å². The quantitative estimate of drug-likeness (QED) is 0.250. The number of carbonyl (C=O) groups is 2. The fourth-order valence-corrected chi connectivity index (χ4v) is 6.05. The highest BCUT2D eigenvalue weighted by Gasteiger charge is 2.31. The Balaban J connectivity index is 1.58. The number of carbonyl (C=O) groups excluding carboxylic acids is 2. The van der Waals surface area contributed by atoms with Crippen LogP contribution in [0.1, 0.15) is 44.2 Å². The molecule has 11 heteroatoms. The second-order valence-electron chi connectivity index (χ2n) is 10.6. The minimum atomic E-state index is -3.65. The zero-order chi connectivity index (χ0) is 31.0. The summed E-state index contributed by atoms with van der Waals surface area (Å²) in [5, 5.41) is 3.07. The Kier molecular flexibility index (Phi) is 11.1. The van der Waals surface area contributed by atoms with Crippen molar-refractivity contribution in [3.8, 4) is 11.5 Å². The van der Waals surface area contributed by atoms with Gasteiger partial charge in [0.1, 0.15) is 6.04 Å². The summed E-state index contributed by atoms with van der Waals surface area (Å²) in [6, 6.07) is 21.4. The van der Waals surface area contributed by atoms with Crippen molar-refractivity contribution in [2.75, 3.05) is 23.9 Å². The number of sulfonamides is 1. The Bertz CT molecular complexity index is 1500. The molecule has 0 fully saturated rings. The topological polar surface area (TPSA) is 105 Å². The third kappa shape index (κ3) is 8.96. The SMILES string of the molecule is CC[C@@H](C)NC(=O)[C@@H](Cc1ccccc1)N(Cc1ccc(Br)cc1)C(=O)CCCN(c1ccc2c(c1)OCO2)S(C)(=O)=O. The van der Waals surface area contributed by atoms with E-state index in [1.165, 1.54) is 4.31 Å². The van der Waals surface area contributed by atoms with Gasteiger partial charge in [-0.15, -0.1) is 0 Å². The fourth-order valence-electron chi connectivity index (χ4n) is 4.83. The van der Waals surface area contributed by atoms with Crippen LogP contribution in [-0.2, 0) is 32.6 Å². The van der Waals surface area contributed by atoms with Crippen LogP contribution < -0.4 is 19.1 Å². The second-order valence-corrected chi connectivity index (χ2v) is 13.5. The molecule has 0 aliphatic carbocycles. The number of fused-ring (bicyclic) bond motifs is 1. The highest BCUT2D eigenvalue weighted by molar-refractivity contribution is 9.10. The van der Waals surface area contributed by atoms with Crippen LogP contribution in [0.4, 0.5) is 5.69 Å². The van der Waals surface area contributed by atoms with Gasteiger partial charge in [-0.05, 0) is 55.2 Å². The molecule has 1 aliphatic rings. The third-order valence-corrected chi connectivity index (χ3v) is 9.06. The van der Waals surface area contributed by atoms with Crippen molar-refractivity contribution in [2.45, 2.75) is 58.2 Å². The molecule has 0 unspecified atom stereocenters. The predicted octanol–water partition coefficient (Wildman–Crippen LogP) is 5.28. The highest BCUT2D eigenvalue weighted by Crippen LogP contribution is 2.36. The van der Waals surface area contributed by atoms with Crippen LogP contribution in [-0.4, -0.2) is 56.8 Å². The van der Waals surface area contributed by atoms with Crippen LogP contribution in [0.15, 0.2) is 77.3 Å². The molecule has 1 heterocycles. The number of nitrogens with zero attached hydrogens (tertiary/aromatic N) is 2. The molecule has 0 radical (unpaired) electrons. The lowest BCUT2D eigenvalue weighted by molar-refractivity contribution is -0.141. The maximum atomic E-state index is 14.0. The maximum Gasteiger partial charge on any atom is 0.243 e. The molecule has 0 bridgehead atoms. The van der Waals surface area contributed by atoms with Crippen LogP contribution in [0.5, 0.6) is 11.5 Å². The molecule has 0 saturated heterocycles. The number of benzene rings is 3. The van der Waals surface area contributed by atoms with Crippen molar-refractivity contribution in [1.29, 1.82) is 0 Å². The largest absolute Gasteiger partial charge is 0.454 e. The molecule has 9 nitrogen and oxygen atoms in total. The highest BCUT2D eigenvalue weighted by atomic mass is 79.9. The molecule has 3 aromatic rings. The zero-order valence-corrected chi connectivity index (χ0v) is 27.1. The molecule has 2 amide bonds. The van der Waals surface area contributed by atoms with Crippen molar-refractivity contribution < 1.29 is 27.5 Å². The predicted molar refractivity (Wildman–Crippen MR) is 171 cm³/mol. The van der Waals surface area contributed by atoms with Gasteiger partial charge < -0.3 is 19.7 Å². The first-order valence-corrected chi connectivity index (χ1v) is 16.9. The van der Waals surface area contributed by atoms with Crippen LogP contribution >= 0.6 is 15.9 Å². The summed E-state index contributed by atoms with van der Waals surface area (Å²) < 4.78 is 38.4. The van der Waals surface area contributed by atoms with Crippen LogP contribution in [0.2, 0.25) is 0 Å². The smallest absolute Gasteiger partial charge is 0.243 e. The van der Waals surface area contributed by atoms with Crippen molar-refractivity contribution in [3.05, 3.63) is 88.4 Å². The number of hydrogen-bond donors (Lipinski definition) is 1. The van der Waals surface area contributed by atoms with Gasteiger partial charge in [0.25, 0.3) is 0 Å². The lowest BCUT2D eigenvalue weighted by atomic mass is 10.0. The number of ether oxygens (including phenoxy) is 2. The Morgan fingerprint density at radius 2 is 1.67 bits per heavy atom. The molecular formula is C32H38BrN3O6S. The van der Waals surface area contributed by atoms with Crippen molar-refractivity contribution in [2.24, 2.45) is 0 Å². The van der Waals surface area contributed by atoms with E-state index in [4.69, 9.17) is 9.47 Å². The Labute approximate surface area is 262 Å². The van der Waals surface area contributed by atoms with Crippen molar-refractivity contribution in [3.63, 3.8) is 0 Å². The number of anilines is 1. The molecule has 0 aromatic heterocycles. The molecule has 4 rings (SSSR count). The summed E-state index contributed by atoms with van der Waals surface area (Å²) in [6.45, 7) is 4.33.